The van der Waals surface area contributed by atoms with E-state index in [0.717, 1.165) is 35.5 Å². The molecule has 5 nitrogen and oxygen atoms in total. The van der Waals surface area contributed by atoms with E-state index in [2.05, 4.69) is 26.3 Å². The second kappa shape index (κ2) is 6.48. The third kappa shape index (κ3) is 3.30. The van der Waals surface area contributed by atoms with Crippen molar-refractivity contribution in [2.45, 2.75) is 45.7 Å². The van der Waals surface area contributed by atoms with Gasteiger partial charge in [-0.3, -0.25) is 9.69 Å². The first-order valence-electron chi connectivity index (χ1n) is 8.10. The van der Waals surface area contributed by atoms with Crippen molar-refractivity contribution in [2.24, 2.45) is 0 Å². The molecule has 1 atom stereocenters. The zero-order chi connectivity index (χ0) is 15.5. The number of nitrogens with zero attached hydrogens (tertiary/aromatic N) is 2. The Kier molecular flexibility index (Phi) is 4.43. The minimum Gasteiger partial charge on any atom is -0.351 e. The molecule has 2 aromatic rings. The summed E-state index contributed by atoms with van der Waals surface area (Å²) in [6.45, 7) is 6.58. The quantitative estimate of drug-likeness (QED) is 0.911. The van der Waals surface area contributed by atoms with Gasteiger partial charge in [0.2, 0.25) is 5.91 Å². The molecule has 22 heavy (non-hydrogen) atoms. The van der Waals surface area contributed by atoms with Gasteiger partial charge < -0.3 is 10.3 Å². The van der Waals surface area contributed by atoms with Gasteiger partial charge in [0, 0.05) is 6.54 Å². The molecular weight excluding hydrogens is 276 g/mol. The van der Waals surface area contributed by atoms with Gasteiger partial charge in [0.15, 0.2) is 0 Å². The lowest BCUT2D eigenvalue weighted by Gasteiger charge is -2.31. The van der Waals surface area contributed by atoms with Crippen molar-refractivity contribution in [1.29, 1.82) is 0 Å². The number of amides is 1. The lowest BCUT2D eigenvalue weighted by atomic mass is 10.1. The average molecular weight is 300 g/mol. The summed E-state index contributed by atoms with van der Waals surface area (Å²) in [4.78, 5) is 22.2. The van der Waals surface area contributed by atoms with Gasteiger partial charge in [-0.25, -0.2) is 4.98 Å². The highest BCUT2D eigenvalue weighted by atomic mass is 16.2. The monoisotopic (exact) mass is 300 g/mol. The molecule has 0 saturated carbocycles. The number of carbonyl (C=O) groups is 1. The first-order chi connectivity index (χ1) is 10.6. The first-order valence-corrected chi connectivity index (χ1v) is 8.10. The predicted molar refractivity (Wildman–Crippen MR) is 87.6 cm³/mol. The molecule has 2 N–H and O–H groups in total. The number of H-pyrrole nitrogens is 1. The second-order valence-corrected chi connectivity index (χ2v) is 6.16. The number of piperidine rings is 1. The molecule has 5 heteroatoms. The van der Waals surface area contributed by atoms with E-state index < -0.39 is 0 Å². The molecule has 1 saturated heterocycles. The fraction of sp³-hybridized carbons (Fsp3) is 0.529. The first kappa shape index (κ1) is 15.0. The highest BCUT2D eigenvalue weighted by Gasteiger charge is 2.22. The van der Waals surface area contributed by atoms with E-state index in [1.807, 2.05) is 26.0 Å². The van der Waals surface area contributed by atoms with Gasteiger partial charge in [-0.1, -0.05) is 12.5 Å². The molecule has 0 radical (unpaired) electrons. The molecule has 3 rings (SSSR count). The normalized spacial score (nSPS) is 17.5. The lowest BCUT2D eigenvalue weighted by Crippen LogP contribution is -2.46. The van der Waals surface area contributed by atoms with Gasteiger partial charge in [-0.15, -0.1) is 0 Å². The van der Waals surface area contributed by atoms with Gasteiger partial charge in [-0.05, 0) is 57.5 Å². The largest absolute Gasteiger partial charge is 0.351 e. The fourth-order valence-corrected chi connectivity index (χ4v) is 3.10. The Morgan fingerprint density at radius 1 is 1.36 bits per heavy atom. The number of nitrogens with one attached hydrogen (secondary N) is 2. The number of hydrogen-bond donors (Lipinski definition) is 2. The number of likely N-dealkylation sites (tertiary alicyclic amines) is 1. The number of benzene rings is 1. The molecule has 0 unspecified atom stereocenters. The van der Waals surface area contributed by atoms with Crippen molar-refractivity contribution in [3.05, 3.63) is 29.6 Å². The molecule has 1 aromatic heterocycles. The molecule has 0 spiro atoms. The third-order valence-electron chi connectivity index (χ3n) is 4.45. The molecule has 1 aliphatic rings. The smallest absolute Gasteiger partial charge is 0.237 e. The summed E-state index contributed by atoms with van der Waals surface area (Å²) in [5.41, 5.74) is 3.08. The van der Waals surface area contributed by atoms with Crippen molar-refractivity contribution >= 4 is 16.9 Å². The number of aryl methyl sites for hydroxylation is 1. The summed E-state index contributed by atoms with van der Waals surface area (Å²) in [6, 6.07) is 6.03. The zero-order valence-corrected chi connectivity index (χ0v) is 13.4. The summed E-state index contributed by atoms with van der Waals surface area (Å²) in [6.07, 6.45) is 3.69. The zero-order valence-electron chi connectivity index (χ0n) is 13.4. The predicted octanol–water partition coefficient (Wildman–Crippen LogP) is 2.36. The maximum absolute atomic E-state index is 12.3. The Morgan fingerprint density at radius 3 is 2.91 bits per heavy atom. The number of aromatic nitrogens is 2. The summed E-state index contributed by atoms with van der Waals surface area (Å²) >= 11 is 0. The second-order valence-electron chi connectivity index (χ2n) is 6.16. The summed E-state index contributed by atoms with van der Waals surface area (Å²) in [7, 11) is 0. The van der Waals surface area contributed by atoms with E-state index in [-0.39, 0.29) is 11.9 Å². The summed E-state index contributed by atoms with van der Waals surface area (Å²) < 4.78 is 0. The van der Waals surface area contributed by atoms with Crippen LogP contribution in [0.15, 0.2) is 18.2 Å². The molecule has 118 valence electrons. The van der Waals surface area contributed by atoms with E-state index in [4.69, 9.17) is 0 Å². The Balaban J connectivity index is 1.59. The van der Waals surface area contributed by atoms with Crippen LogP contribution in [0, 0.1) is 6.92 Å². The van der Waals surface area contributed by atoms with E-state index in [9.17, 15) is 4.79 Å². The molecule has 1 fully saturated rings. The van der Waals surface area contributed by atoms with Gasteiger partial charge in [0.25, 0.3) is 0 Å². The van der Waals surface area contributed by atoms with Crippen LogP contribution < -0.4 is 5.32 Å². The Hall–Kier alpha value is -1.88. The number of hydrogen-bond acceptors (Lipinski definition) is 3. The van der Waals surface area contributed by atoms with E-state index in [1.165, 1.54) is 19.3 Å². The third-order valence-corrected chi connectivity index (χ3v) is 4.45. The topological polar surface area (TPSA) is 61.0 Å². The van der Waals surface area contributed by atoms with E-state index >= 15 is 0 Å². The molecule has 2 heterocycles. The molecule has 1 amide bonds. The molecule has 1 aromatic carbocycles. The summed E-state index contributed by atoms with van der Waals surface area (Å²) in [5, 5.41) is 3.05. The summed E-state index contributed by atoms with van der Waals surface area (Å²) in [5.74, 6) is 1.03. The number of imidazole rings is 1. The molecule has 0 aliphatic carbocycles. The average Bonchev–Trinajstić information content (AvgIpc) is 2.92. The molecular formula is C17H24N4O. The highest BCUT2D eigenvalue weighted by Crippen LogP contribution is 2.14. The van der Waals surface area contributed by atoms with Crippen LogP contribution in [0.2, 0.25) is 0 Å². The maximum atomic E-state index is 12.3. The van der Waals surface area contributed by atoms with Crippen molar-refractivity contribution in [3.8, 4) is 0 Å². The van der Waals surface area contributed by atoms with Gasteiger partial charge in [-0.2, -0.15) is 0 Å². The molecule has 1 aliphatic heterocycles. The minimum absolute atomic E-state index is 0.0431. The van der Waals surface area contributed by atoms with Crippen LogP contribution in [-0.4, -0.2) is 39.9 Å². The van der Waals surface area contributed by atoms with Crippen LogP contribution in [0.5, 0.6) is 0 Å². The van der Waals surface area contributed by atoms with Crippen LogP contribution in [0.4, 0.5) is 0 Å². The van der Waals surface area contributed by atoms with Crippen molar-refractivity contribution in [3.63, 3.8) is 0 Å². The van der Waals surface area contributed by atoms with Gasteiger partial charge in [0.05, 0.1) is 17.1 Å². The highest BCUT2D eigenvalue weighted by molar-refractivity contribution is 5.81. The van der Waals surface area contributed by atoms with Crippen molar-refractivity contribution < 1.29 is 4.79 Å². The van der Waals surface area contributed by atoms with Crippen LogP contribution in [0.3, 0.4) is 0 Å². The molecule has 0 bridgehead atoms. The number of rotatable bonds is 4. The SMILES string of the molecule is Cc1nc2ccc(CNC(=O)[C@H](C)N3CCCCC3)cc2[nH]1. The van der Waals surface area contributed by atoms with Crippen LogP contribution >= 0.6 is 0 Å². The van der Waals surface area contributed by atoms with Crippen LogP contribution in [0.1, 0.15) is 37.6 Å². The van der Waals surface area contributed by atoms with Crippen molar-refractivity contribution in [2.75, 3.05) is 13.1 Å². The van der Waals surface area contributed by atoms with Crippen LogP contribution in [-0.2, 0) is 11.3 Å². The van der Waals surface area contributed by atoms with Crippen molar-refractivity contribution in [1.82, 2.24) is 20.2 Å². The fourth-order valence-electron chi connectivity index (χ4n) is 3.10. The Bertz CT molecular complexity index is 658. The number of carbonyl (C=O) groups excluding carboxylic acids is 1. The van der Waals surface area contributed by atoms with E-state index in [1.54, 1.807) is 0 Å². The standard InChI is InChI=1S/C17H24N4O/c1-12(21-8-4-3-5-9-21)17(22)18-11-14-6-7-15-16(10-14)20-13(2)19-15/h6-7,10,12H,3-5,8-9,11H2,1-2H3,(H,18,22)(H,19,20)/t12-/m0/s1. The minimum atomic E-state index is -0.0431. The number of fused-ring (bicyclic) bond motifs is 1. The Labute approximate surface area is 131 Å². The lowest BCUT2D eigenvalue weighted by molar-refractivity contribution is -0.126. The number of aromatic amines is 1. The van der Waals surface area contributed by atoms with E-state index in [0.29, 0.717) is 6.54 Å². The Morgan fingerprint density at radius 2 is 2.14 bits per heavy atom. The van der Waals surface area contributed by atoms with Gasteiger partial charge in [0.1, 0.15) is 5.82 Å². The van der Waals surface area contributed by atoms with Gasteiger partial charge >= 0.3 is 0 Å². The van der Waals surface area contributed by atoms with Crippen LogP contribution in [0.25, 0.3) is 11.0 Å². The maximum Gasteiger partial charge on any atom is 0.237 e.